The highest BCUT2D eigenvalue weighted by atomic mass is 79.9. The average Bonchev–Trinajstić information content (AvgIpc) is 3.54. The minimum Gasteiger partial charge on any atom is -0.343 e. The van der Waals surface area contributed by atoms with Crippen molar-refractivity contribution in [1.82, 2.24) is 19.8 Å². The van der Waals surface area contributed by atoms with Crippen molar-refractivity contribution >= 4 is 32.7 Å². The quantitative estimate of drug-likeness (QED) is 0.460. The molecule has 2 aliphatic heterocycles. The van der Waals surface area contributed by atoms with Crippen LogP contribution in [0.2, 0.25) is 0 Å². The first kappa shape index (κ1) is 23.4. The number of amides is 1. The summed E-state index contributed by atoms with van der Waals surface area (Å²) < 4.78 is 12.7. The van der Waals surface area contributed by atoms with E-state index in [0.717, 1.165) is 33.2 Å². The van der Waals surface area contributed by atoms with Crippen LogP contribution < -0.4 is 0 Å². The SMILES string of the molecule is CC1CN(C(=O)c2cccc(-c3ncnc4ccc(Br)cc34)c2)CCN1C1OC1OC(C)(C)C. The first-order valence-corrected chi connectivity index (χ1v) is 12.4. The van der Waals surface area contributed by atoms with Crippen molar-refractivity contribution < 1.29 is 14.3 Å². The minimum atomic E-state index is -0.240. The van der Waals surface area contributed by atoms with Gasteiger partial charge in [-0.05, 0) is 58.0 Å². The zero-order valence-corrected chi connectivity index (χ0v) is 21.4. The number of hydrogen-bond donors (Lipinski definition) is 0. The molecule has 3 aromatic rings. The van der Waals surface area contributed by atoms with Crippen LogP contribution >= 0.6 is 15.9 Å². The number of nitrogens with zero attached hydrogens (tertiary/aromatic N) is 4. The van der Waals surface area contributed by atoms with Crippen molar-refractivity contribution in [3.05, 3.63) is 58.8 Å². The van der Waals surface area contributed by atoms with Gasteiger partial charge in [0.2, 0.25) is 0 Å². The van der Waals surface area contributed by atoms with E-state index in [1.165, 1.54) is 0 Å². The number of carbonyl (C=O) groups excluding carboxylic acids is 1. The molecule has 0 aliphatic carbocycles. The van der Waals surface area contributed by atoms with Gasteiger partial charge in [-0.3, -0.25) is 9.69 Å². The smallest absolute Gasteiger partial charge is 0.253 e. The first-order valence-electron chi connectivity index (χ1n) is 11.6. The Bertz CT molecular complexity index is 1230. The lowest BCUT2D eigenvalue weighted by atomic mass is 10.0. The number of aromatic nitrogens is 2. The molecule has 3 unspecified atom stereocenters. The highest BCUT2D eigenvalue weighted by Crippen LogP contribution is 2.34. The molecular weight excluding hydrogens is 496 g/mol. The fourth-order valence-electron chi connectivity index (χ4n) is 4.54. The molecule has 2 aliphatic rings. The summed E-state index contributed by atoms with van der Waals surface area (Å²) in [4.78, 5) is 26.5. The molecule has 2 aromatic carbocycles. The third-order valence-electron chi connectivity index (χ3n) is 6.17. The van der Waals surface area contributed by atoms with Crippen molar-refractivity contribution in [3.8, 4) is 11.3 Å². The molecule has 8 heteroatoms. The maximum Gasteiger partial charge on any atom is 0.253 e. The van der Waals surface area contributed by atoms with Crippen molar-refractivity contribution in [3.63, 3.8) is 0 Å². The zero-order valence-electron chi connectivity index (χ0n) is 19.9. The number of halogens is 1. The molecule has 3 atom stereocenters. The van der Waals surface area contributed by atoms with Gasteiger partial charge in [0, 0.05) is 46.7 Å². The summed E-state index contributed by atoms with van der Waals surface area (Å²) in [5.74, 6) is 0.0344. The van der Waals surface area contributed by atoms with Crippen LogP contribution in [0.15, 0.2) is 53.3 Å². The van der Waals surface area contributed by atoms with E-state index in [0.29, 0.717) is 18.7 Å². The molecule has 0 saturated carbocycles. The largest absolute Gasteiger partial charge is 0.343 e. The van der Waals surface area contributed by atoms with Gasteiger partial charge in [-0.1, -0.05) is 28.1 Å². The Morgan fingerprint density at radius 2 is 1.97 bits per heavy atom. The van der Waals surface area contributed by atoms with Crippen LogP contribution in [0.25, 0.3) is 22.2 Å². The minimum absolute atomic E-state index is 0.0276. The van der Waals surface area contributed by atoms with E-state index in [1.54, 1.807) is 6.33 Å². The summed E-state index contributed by atoms with van der Waals surface area (Å²) in [5, 5.41) is 0.945. The van der Waals surface area contributed by atoms with Crippen molar-refractivity contribution in [2.24, 2.45) is 0 Å². The second kappa shape index (κ2) is 9.00. The summed E-state index contributed by atoms with van der Waals surface area (Å²) in [6, 6.07) is 13.8. The summed E-state index contributed by atoms with van der Waals surface area (Å²) in [6.45, 7) is 10.3. The van der Waals surface area contributed by atoms with Crippen molar-refractivity contribution in [1.29, 1.82) is 0 Å². The number of fused-ring (bicyclic) bond motifs is 1. The molecule has 2 saturated heterocycles. The molecule has 0 spiro atoms. The van der Waals surface area contributed by atoms with Gasteiger partial charge in [0.15, 0.2) is 12.5 Å². The standard InChI is InChI=1S/C26H29BrN4O3/c1-16-14-30(10-11-31(16)24-25(33-24)34-26(2,3)4)23(32)18-7-5-6-17(12-18)22-20-13-19(27)8-9-21(20)28-15-29-22/h5-9,12-13,15-16,24-25H,10-11,14H2,1-4H3. The van der Waals surface area contributed by atoms with E-state index in [9.17, 15) is 4.79 Å². The number of ether oxygens (including phenoxy) is 2. The molecule has 0 radical (unpaired) electrons. The molecular formula is C26H29BrN4O3. The Balaban J connectivity index is 1.31. The highest BCUT2D eigenvalue weighted by Gasteiger charge is 2.49. The third-order valence-corrected chi connectivity index (χ3v) is 6.67. The lowest BCUT2D eigenvalue weighted by molar-refractivity contribution is -0.0583. The lowest BCUT2D eigenvalue weighted by Crippen LogP contribution is -2.55. The van der Waals surface area contributed by atoms with Crippen LogP contribution in [0.4, 0.5) is 0 Å². The van der Waals surface area contributed by atoms with E-state index >= 15 is 0 Å². The zero-order chi connectivity index (χ0) is 24.0. The van der Waals surface area contributed by atoms with Gasteiger partial charge in [0.25, 0.3) is 5.91 Å². The Morgan fingerprint density at radius 3 is 2.74 bits per heavy atom. The van der Waals surface area contributed by atoms with Crippen molar-refractivity contribution in [2.45, 2.75) is 51.9 Å². The Labute approximate surface area is 208 Å². The third kappa shape index (κ3) is 4.86. The van der Waals surface area contributed by atoms with Crippen LogP contribution in [-0.4, -0.2) is 69.5 Å². The van der Waals surface area contributed by atoms with Gasteiger partial charge < -0.3 is 14.4 Å². The van der Waals surface area contributed by atoms with Crippen LogP contribution in [0, 0.1) is 0 Å². The number of carbonyl (C=O) groups is 1. The van der Waals surface area contributed by atoms with E-state index in [1.807, 2.05) is 68.1 Å². The molecule has 0 bridgehead atoms. The molecule has 1 aromatic heterocycles. The molecule has 3 heterocycles. The van der Waals surface area contributed by atoms with Gasteiger partial charge >= 0.3 is 0 Å². The van der Waals surface area contributed by atoms with Gasteiger partial charge in [0.05, 0.1) is 16.8 Å². The monoisotopic (exact) mass is 524 g/mol. The summed E-state index contributed by atoms with van der Waals surface area (Å²) in [5.41, 5.74) is 3.00. The predicted molar refractivity (Wildman–Crippen MR) is 134 cm³/mol. The van der Waals surface area contributed by atoms with Gasteiger partial charge in [-0.2, -0.15) is 0 Å². The Morgan fingerprint density at radius 1 is 1.15 bits per heavy atom. The molecule has 34 heavy (non-hydrogen) atoms. The van der Waals surface area contributed by atoms with Gasteiger partial charge in [-0.25, -0.2) is 9.97 Å². The fourth-order valence-corrected chi connectivity index (χ4v) is 4.90. The second-order valence-electron chi connectivity index (χ2n) is 9.93. The highest BCUT2D eigenvalue weighted by molar-refractivity contribution is 9.10. The number of epoxide rings is 1. The molecule has 0 N–H and O–H groups in total. The normalized spacial score (nSPS) is 23.3. The summed E-state index contributed by atoms with van der Waals surface area (Å²) in [6.07, 6.45) is 1.35. The predicted octanol–water partition coefficient (Wildman–Crippen LogP) is 4.70. The van der Waals surface area contributed by atoms with Crippen LogP contribution in [0.3, 0.4) is 0 Å². The van der Waals surface area contributed by atoms with E-state index < -0.39 is 0 Å². The molecule has 7 nitrogen and oxygen atoms in total. The number of piperazine rings is 1. The van der Waals surface area contributed by atoms with E-state index in [-0.39, 0.29) is 30.1 Å². The topological polar surface area (TPSA) is 71.1 Å². The molecule has 1 amide bonds. The summed E-state index contributed by atoms with van der Waals surface area (Å²) in [7, 11) is 0. The van der Waals surface area contributed by atoms with Crippen LogP contribution in [-0.2, 0) is 9.47 Å². The number of hydrogen-bond acceptors (Lipinski definition) is 6. The van der Waals surface area contributed by atoms with Crippen LogP contribution in [0.1, 0.15) is 38.1 Å². The van der Waals surface area contributed by atoms with E-state index in [2.05, 4.69) is 37.7 Å². The molecule has 5 rings (SSSR count). The Kier molecular flexibility index (Phi) is 6.18. The maximum absolute atomic E-state index is 13.4. The van der Waals surface area contributed by atoms with Gasteiger partial charge in [-0.15, -0.1) is 0 Å². The van der Waals surface area contributed by atoms with Crippen molar-refractivity contribution in [2.75, 3.05) is 19.6 Å². The lowest BCUT2D eigenvalue weighted by Gasteiger charge is -2.39. The average molecular weight is 525 g/mol. The molecule has 178 valence electrons. The van der Waals surface area contributed by atoms with Crippen LogP contribution in [0.5, 0.6) is 0 Å². The Hall–Kier alpha value is -2.39. The second-order valence-corrected chi connectivity index (χ2v) is 10.8. The number of rotatable bonds is 4. The molecule has 2 fully saturated rings. The van der Waals surface area contributed by atoms with Gasteiger partial charge in [0.1, 0.15) is 6.33 Å². The maximum atomic E-state index is 13.4. The summed E-state index contributed by atoms with van der Waals surface area (Å²) >= 11 is 3.53. The van der Waals surface area contributed by atoms with E-state index in [4.69, 9.17) is 9.47 Å². The fraction of sp³-hybridized carbons (Fsp3) is 0.423. The number of benzene rings is 2. The first-order chi connectivity index (χ1) is 16.2.